The second-order valence-electron chi connectivity index (χ2n) is 6.29. The summed E-state index contributed by atoms with van der Waals surface area (Å²) < 4.78 is 56.8. The highest BCUT2D eigenvalue weighted by atomic mass is 19.4. The highest BCUT2D eigenvalue weighted by Gasteiger charge is 2.33. The first-order valence-corrected chi connectivity index (χ1v) is 8.30. The van der Waals surface area contributed by atoms with E-state index < -0.39 is 11.9 Å². The van der Waals surface area contributed by atoms with Gasteiger partial charge in [-0.2, -0.15) is 13.2 Å². The van der Waals surface area contributed by atoms with Gasteiger partial charge >= 0.3 is 6.18 Å². The predicted octanol–water partition coefficient (Wildman–Crippen LogP) is 3.10. The SMILES string of the molecule is Fc1ccc2c(CN3CCN(c4cc(C(F)(F)F)ncn4)CC3)noc2c1. The number of hydrogen-bond donors (Lipinski definition) is 0. The monoisotopic (exact) mass is 381 g/mol. The van der Waals surface area contributed by atoms with Crippen molar-refractivity contribution in [3.63, 3.8) is 0 Å². The molecule has 0 amide bonds. The molecule has 1 aromatic carbocycles. The molecule has 4 rings (SSSR count). The molecule has 0 unspecified atom stereocenters. The van der Waals surface area contributed by atoms with Crippen molar-refractivity contribution in [3.05, 3.63) is 47.8 Å². The van der Waals surface area contributed by atoms with E-state index in [1.165, 1.54) is 12.1 Å². The lowest BCUT2D eigenvalue weighted by Gasteiger charge is -2.35. The third-order valence-electron chi connectivity index (χ3n) is 4.52. The van der Waals surface area contributed by atoms with E-state index in [4.69, 9.17) is 4.52 Å². The van der Waals surface area contributed by atoms with Crippen LogP contribution in [-0.2, 0) is 12.7 Å². The van der Waals surface area contributed by atoms with Gasteiger partial charge in [0.2, 0.25) is 0 Å². The van der Waals surface area contributed by atoms with Crippen LogP contribution in [0.5, 0.6) is 0 Å². The molecule has 0 radical (unpaired) electrons. The standard InChI is InChI=1S/C17H15F4N5O/c18-11-1-2-12-13(24-27-14(12)7-11)9-25-3-5-26(6-4-25)16-8-15(17(19,20)21)22-10-23-16/h1-2,7-8,10H,3-6,9H2. The molecule has 0 spiro atoms. The van der Waals surface area contributed by atoms with E-state index in [-0.39, 0.29) is 11.6 Å². The van der Waals surface area contributed by atoms with Crippen molar-refractivity contribution in [1.29, 1.82) is 0 Å². The molecule has 0 atom stereocenters. The fourth-order valence-electron chi connectivity index (χ4n) is 3.10. The van der Waals surface area contributed by atoms with E-state index in [1.54, 1.807) is 11.0 Å². The van der Waals surface area contributed by atoms with Crippen molar-refractivity contribution in [2.24, 2.45) is 0 Å². The molecule has 2 aromatic heterocycles. The lowest BCUT2D eigenvalue weighted by atomic mass is 10.2. The van der Waals surface area contributed by atoms with E-state index in [1.807, 2.05) is 0 Å². The summed E-state index contributed by atoms with van der Waals surface area (Å²) in [6.45, 7) is 2.82. The molecule has 3 aromatic rings. The lowest BCUT2D eigenvalue weighted by Crippen LogP contribution is -2.46. The average molecular weight is 381 g/mol. The van der Waals surface area contributed by atoms with Gasteiger partial charge in [-0.05, 0) is 12.1 Å². The van der Waals surface area contributed by atoms with Crippen LogP contribution in [0, 0.1) is 5.82 Å². The second kappa shape index (κ2) is 6.76. The zero-order valence-corrected chi connectivity index (χ0v) is 14.1. The smallest absolute Gasteiger partial charge is 0.356 e. The predicted molar refractivity (Wildman–Crippen MR) is 88.5 cm³/mol. The van der Waals surface area contributed by atoms with E-state index >= 15 is 0 Å². The molecule has 0 saturated carbocycles. The molecule has 0 aliphatic carbocycles. The van der Waals surface area contributed by atoms with Crippen LogP contribution in [0.25, 0.3) is 11.0 Å². The Balaban J connectivity index is 1.42. The Morgan fingerprint density at radius 2 is 1.81 bits per heavy atom. The Hall–Kier alpha value is -2.75. The number of halogens is 4. The number of anilines is 1. The van der Waals surface area contributed by atoms with Gasteiger partial charge in [0.25, 0.3) is 0 Å². The maximum Gasteiger partial charge on any atom is 0.433 e. The molecule has 6 nitrogen and oxygen atoms in total. The summed E-state index contributed by atoms with van der Waals surface area (Å²) in [6.07, 6.45) is -3.56. The van der Waals surface area contributed by atoms with Crippen LogP contribution in [0.3, 0.4) is 0 Å². The first-order chi connectivity index (χ1) is 12.9. The lowest BCUT2D eigenvalue weighted by molar-refractivity contribution is -0.141. The number of hydrogen-bond acceptors (Lipinski definition) is 6. The Labute approximate surface area is 151 Å². The summed E-state index contributed by atoms with van der Waals surface area (Å²) >= 11 is 0. The van der Waals surface area contributed by atoms with Gasteiger partial charge in [0.05, 0.1) is 0 Å². The van der Waals surface area contributed by atoms with Gasteiger partial charge in [-0.15, -0.1) is 0 Å². The van der Waals surface area contributed by atoms with E-state index in [0.29, 0.717) is 44.0 Å². The molecule has 1 fully saturated rings. The van der Waals surface area contributed by atoms with E-state index in [0.717, 1.165) is 17.8 Å². The van der Waals surface area contributed by atoms with Crippen LogP contribution in [0.1, 0.15) is 11.4 Å². The normalized spacial score (nSPS) is 16.2. The van der Waals surface area contributed by atoms with Gasteiger partial charge in [0.1, 0.15) is 29.4 Å². The molecule has 27 heavy (non-hydrogen) atoms. The van der Waals surface area contributed by atoms with Crippen molar-refractivity contribution < 1.29 is 22.1 Å². The van der Waals surface area contributed by atoms with Crippen molar-refractivity contribution >= 4 is 16.8 Å². The van der Waals surface area contributed by atoms with Crippen LogP contribution in [0.2, 0.25) is 0 Å². The van der Waals surface area contributed by atoms with Gasteiger partial charge in [-0.25, -0.2) is 14.4 Å². The zero-order valence-electron chi connectivity index (χ0n) is 14.1. The van der Waals surface area contributed by atoms with Crippen molar-refractivity contribution in [3.8, 4) is 0 Å². The highest BCUT2D eigenvalue weighted by molar-refractivity contribution is 5.79. The number of rotatable bonds is 3. The molecular formula is C17H15F4N5O. The maximum absolute atomic E-state index is 13.2. The van der Waals surface area contributed by atoms with E-state index in [9.17, 15) is 17.6 Å². The molecule has 1 aliphatic rings. The number of aromatic nitrogens is 3. The minimum absolute atomic E-state index is 0.263. The fourth-order valence-corrected chi connectivity index (χ4v) is 3.10. The highest BCUT2D eigenvalue weighted by Crippen LogP contribution is 2.29. The first kappa shape index (κ1) is 17.7. The molecule has 1 aliphatic heterocycles. The van der Waals surface area contributed by atoms with Crippen LogP contribution in [-0.4, -0.2) is 46.2 Å². The van der Waals surface area contributed by atoms with Crippen LogP contribution in [0.15, 0.2) is 35.1 Å². The molecule has 0 N–H and O–H groups in total. The third kappa shape index (κ3) is 3.70. The molecule has 1 saturated heterocycles. The van der Waals surface area contributed by atoms with Crippen molar-refractivity contribution in [2.45, 2.75) is 12.7 Å². The summed E-state index contributed by atoms with van der Waals surface area (Å²) in [5.41, 5.74) is 0.153. The maximum atomic E-state index is 13.2. The number of alkyl halides is 3. The Morgan fingerprint density at radius 3 is 2.56 bits per heavy atom. The topological polar surface area (TPSA) is 58.3 Å². The van der Waals surface area contributed by atoms with Crippen LogP contribution < -0.4 is 4.90 Å². The molecule has 0 bridgehead atoms. The second-order valence-corrected chi connectivity index (χ2v) is 6.29. The van der Waals surface area contributed by atoms with Gasteiger partial charge < -0.3 is 9.42 Å². The molecule has 3 heterocycles. The van der Waals surface area contributed by atoms with Crippen LogP contribution >= 0.6 is 0 Å². The number of nitrogens with zero attached hydrogens (tertiary/aromatic N) is 5. The number of fused-ring (bicyclic) bond motifs is 1. The largest absolute Gasteiger partial charge is 0.433 e. The fraction of sp³-hybridized carbons (Fsp3) is 0.353. The summed E-state index contributed by atoms with van der Waals surface area (Å²) in [5, 5.41) is 4.76. The third-order valence-corrected chi connectivity index (χ3v) is 4.52. The van der Waals surface area contributed by atoms with Gasteiger partial charge in [-0.1, -0.05) is 5.16 Å². The van der Waals surface area contributed by atoms with Gasteiger partial charge in [-0.3, -0.25) is 4.90 Å². The van der Waals surface area contributed by atoms with Crippen LogP contribution in [0.4, 0.5) is 23.4 Å². The van der Waals surface area contributed by atoms with E-state index in [2.05, 4.69) is 20.0 Å². The minimum atomic E-state index is -4.49. The minimum Gasteiger partial charge on any atom is -0.356 e. The average Bonchev–Trinajstić information content (AvgIpc) is 3.03. The number of benzene rings is 1. The summed E-state index contributed by atoms with van der Waals surface area (Å²) in [6, 6.07) is 5.24. The van der Waals surface area contributed by atoms with Crippen molar-refractivity contribution in [2.75, 3.05) is 31.1 Å². The first-order valence-electron chi connectivity index (χ1n) is 8.30. The summed E-state index contributed by atoms with van der Waals surface area (Å²) in [5.74, 6) is -0.124. The Kier molecular flexibility index (Phi) is 4.42. The number of piperazine rings is 1. The Bertz CT molecular complexity index is 950. The zero-order chi connectivity index (χ0) is 19.0. The van der Waals surface area contributed by atoms with Gasteiger partial charge in [0.15, 0.2) is 5.58 Å². The van der Waals surface area contributed by atoms with Gasteiger partial charge in [0, 0.05) is 50.2 Å². The molecule has 10 heteroatoms. The summed E-state index contributed by atoms with van der Waals surface area (Å²) in [7, 11) is 0. The molecule has 142 valence electrons. The Morgan fingerprint density at radius 1 is 1.04 bits per heavy atom. The van der Waals surface area contributed by atoms with Crippen molar-refractivity contribution in [1.82, 2.24) is 20.0 Å². The molecular weight excluding hydrogens is 366 g/mol. The summed E-state index contributed by atoms with van der Waals surface area (Å²) in [4.78, 5) is 11.2. The quantitative estimate of drug-likeness (QED) is 0.650.